The molecular formula is C23H23FN4O2. The first-order valence-electron chi connectivity index (χ1n) is 10.2. The molecule has 6 nitrogen and oxygen atoms in total. The number of guanidine groups is 1. The SMILES string of the molecule is N/C(=N/c1cc(C2(c3ccc(-c4ccccc4)c(F)c3)CC2)no1)N1CCOCC1. The number of benzene rings is 2. The minimum atomic E-state index is -0.318. The Balaban J connectivity index is 1.39. The Kier molecular flexibility index (Phi) is 4.75. The second-order valence-electron chi connectivity index (χ2n) is 7.76. The summed E-state index contributed by atoms with van der Waals surface area (Å²) in [5, 5.41) is 4.23. The molecule has 1 aliphatic heterocycles. The average Bonchev–Trinajstić information content (AvgIpc) is 3.47. The maximum Gasteiger partial charge on any atom is 0.253 e. The Bertz CT molecular complexity index is 1070. The van der Waals surface area contributed by atoms with Crippen LogP contribution >= 0.6 is 0 Å². The number of aromatic nitrogens is 1. The predicted octanol–water partition coefficient (Wildman–Crippen LogP) is 3.84. The highest BCUT2D eigenvalue weighted by atomic mass is 19.1. The van der Waals surface area contributed by atoms with E-state index in [9.17, 15) is 4.39 Å². The molecule has 1 saturated heterocycles. The van der Waals surface area contributed by atoms with Gasteiger partial charge in [0.25, 0.3) is 5.88 Å². The lowest BCUT2D eigenvalue weighted by Gasteiger charge is -2.27. The molecule has 1 aliphatic carbocycles. The summed E-state index contributed by atoms with van der Waals surface area (Å²) < 4.78 is 25.7. The van der Waals surface area contributed by atoms with Crippen molar-refractivity contribution in [1.29, 1.82) is 0 Å². The van der Waals surface area contributed by atoms with E-state index in [0.29, 0.717) is 43.7 Å². The lowest BCUT2D eigenvalue weighted by atomic mass is 9.90. The number of nitrogens with zero attached hydrogens (tertiary/aromatic N) is 3. The smallest absolute Gasteiger partial charge is 0.253 e. The maximum absolute atomic E-state index is 14.9. The van der Waals surface area contributed by atoms with Crippen molar-refractivity contribution < 1.29 is 13.7 Å². The molecular weight excluding hydrogens is 383 g/mol. The quantitative estimate of drug-likeness (QED) is 0.526. The van der Waals surface area contributed by atoms with E-state index in [1.807, 2.05) is 53.4 Å². The van der Waals surface area contributed by atoms with Gasteiger partial charge in [-0.05, 0) is 30.0 Å². The second-order valence-corrected chi connectivity index (χ2v) is 7.76. The molecule has 2 aliphatic rings. The van der Waals surface area contributed by atoms with Gasteiger partial charge in [-0.3, -0.25) is 0 Å². The third-order valence-electron chi connectivity index (χ3n) is 5.90. The van der Waals surface area contributed by atoms with Crippen LogP contribution in [0, 0.1) is 5.82 Å². The van der Waals surface area contributed by atoms with Crippen molar-refractivity contribution in [2.24, 2.45) is 10.7 Å². The third kappa shape index (κ3) is 3.45. The predicted molar refractivity (Wildman–Crippen MR) is 112 cm³/mol. The van der Waals surface area contributed by atoms with Crippen molar-refractivity contribution in [2.45, 2.75) is 18.3 Å². The molecule has 2 heterocycles. The van der Waals surface area contributed by atoms with E-state index in [2.05, 4.69) is 10.1 Å². The lowest BCUT2D eigenvalue weighted by molar-refractivity contribution is 0.0675. The fourth-order valence-corrected chi connectivity index (χ4v) is 4.00. The van der Waals surface area contributed by atoms with Gasteiger partial charge < -0.3 is 19.9 Å². The zero-order valence-corrected chi connectivity index (χ0v) is 16.6. The van der Waals surface area contributed by atoms with Gasteiger partial charge in [-0.25, -0.2) is 4.39 Å². The Morgan fingerprint density at radius 1 is 1.07 bits per heavy atom. The number of ether oxygens (including phenoxy) is 1. The van der Waals surface area contributed by atoms with Crippen LogP contribution in [0.5, 0.6) is 0 Å². The Hall–Kier alpha value is -3.19. The number of morpholine rings is 1. The van der Waals surface area contributed by atoms with Gasteiger partial charge in [-0.1, -0.05) is 47.6 Å². The molecule has 2 fully saturated rings. The molecule has 1 saturated carbocycles. The fraction of sp³-hybridized carbons (Fsp3) is 0.304. The maximum atomic E-state index is 14.9. The Morgan fingerprint density at radius 3 is 2.53 bits per heavy atom. The fourth-order valence-electron chi connectivity index (χ4n) is 4.00. The van der Waals surface area contributed by atoms with Gasteiger partial charge in [0.05, 0.1) is 18.9 Å². The molecule has 5 rings (SSSR count). The zero-order chi connectivity index (χ0) is 20.6. The lowest BCUT2D eigenvalue weighted by Crippen LogP contribution is -2.44. The van der Waals surface area contributed by atoms with Gasteiger partial charge in [-0.15, -0.1) is 0 Å². The molecule has 3 aromatic rings. The summed E-state index contributed by atoms with van der Waals surface area (Å²) >= 11 is 0. The minimum absolute atomic E-state index is 0.233. The van der Waals surface area contributed by atoms with E-state index in [4.69, 9.17) is 15.0 Å². The minimum Gasteiger partial charge on any atom is -0.378 e. The van der Waals surface area contributed by atoms with Gasteiger partial charge in [0.15, 0.2) is 5.96 Å². The zero-order valence-electron chi connectivity index (χ0n) is 16.6. The summed E-state index contributed by atoms with van der Waals surface area (Å²) in [5.74, 6) is 0.522. The van der Waals surface area contributed by atoms with Crippen molar-refractivity contribution in [2.75, 3.05) is 26.3 Å². The summed E-state index contributed by atoms with van der Waals surface area (Å²) in [4.78, 5) is 6.33. The van der Waals surface area contributed by atoms with Crippen LogP contribution in [0.1, 0.15) is 24.1 Å². The Labute approximate surface area is 174 Å². The second kappa shape index (κ2) is 7.57. The van der Waals surface area contributed by atoms with E-state index in [1.54, 1.807) is 6.07 Å². The number of nitrogens with two attached hydrogens (primary N) is 1. The van der Waals surface area contributed by atoms with Crippen molar-refractivity contribution in [1.82, 2.24) is 10.1 Å². The first-order valence-corrected chi connectivity index (χ1v) is 10.2. The molecule has 0 amide bonds. The van der Waals surface area contributed by atoms with E-state index in [1.165, 1.54) is 0 Å². The van der Waals surface area contributed by atoms with Crippen LogP contribution in [0.2, 0.25) is 0 Å². The van der Waals surface area contributed by atoms with Gasteiger partial charge in [-0.2, -0.15) is 4.99 Å². The number of halogens is 1. The summed E-state index contributed by atoms with van der Waals surface area (Å²) in [5.41, 5.74) is 8.92. The van der Waals surface area contributed by atoms with E-state index in [0.717, 1.165) is 29.7 Å². The molecule has 0 spiro atoms. The molecule has 1 aromatic heterocycles. The first kappa shape index (κ1) is 18.8. The first-order chi connectivity index (χ1) is 14.7. The molecule has 154 valence electrons. The summed E-state index contributed by atoms with van der Waals surface area (Å²) in [6.45, 7) is 2.66. The van der Waals surface area contributed by atoms with Crippen LogP contribution in [-0.4, -0.2) is 42.3 Å². The van der Waals surface area contributed by atoms with E-state index >= 15 is 0 Å². The highest BCUT2D eigenvalue weighted by molar-refractivity contribution is 5.80. The van der Waals surface area contributed by atoms with Gasteiger partial charge in [0.1, 0.15) is 5.82 Å². The van der Waals surface area contributed by atoms with Crippen LogP contribution in [0.15, 0.2) is 64.1 Å². The number of hydrogen-bond acceptors (Lipinski definition) is 4. The number of aliphatic imine (C=N–C) groups is 1. The average molecular weight is 406 g/mol. The summed E-state index contributed by atoms with van der Waals surface area (Å²) in [6.07, 6.45) is 1.79. The molecule has 7 heteroatoms. The van der Waals surface area contributed by atoms with Crippen LogP contribution in [0.25, 0.3) is 11.1 Å². The molecule has 2 N–H and O–H groups in total. The number of rotatable bonds is 4. The monoisotopic (exact) mass is 406 g/mol. The van der Waals surface area contributed by atoms with Crippen molar-refractivity contribution in [3.05, 3.63) is 71.7 Å². The standard InChI is InChI=1S/C23H23FN4O2/c24-19-14-17(6-7-18(19)16-4-2-1-3-5-16)23(8-9-23)20-15-21(30-27-20)26-22(25)28-10-12-29-13-11-28/h1-7,14-15H,8-13H2,(H2,25,26). The van der Waals surface area contributed by atoms with Crippen LogP contribution < -0.4 is 5.73 Å². The number of hydrogen-bond donors (Lipinski definition) is 1. The largest absolute Gasteiger partial charge is 0.378 e. The van der Waals surface area contributed by atoms with Crippen molar-refractivity contribution >= 4 is 11.8 Å². The molecule has 0 atom stereocenters. The summed E-state index contributed by atoms with van der Waals surface area (Å²) in [7, 11) is 0. The van der Waals surface area contributed by atoms with Gasteiger partial charge in [0, 0.05) is 30.1 Å². The molecule has 30 heavy (non-hydrogen) atoms. The van der Waals surface area contributed by atoms with E-state index < -0.39 is 0 Å². The third-order valence-corrected chi connectivity index (χ3v) is 5.90. The highest BCUT2D eigenvalue weighted by Gasteiger charge is 2.48. The topological polar surface area (TPSA) is 76.9 Å². The molecule has 2 aromatic carbocycles. The van der Waals surface area contributed by atoms with Crippen LogP contribution in [-0.2, 0) is 10.2 Å². The van der Waals surface area contributed by atoms with Crippen molar-refractivity contribution in [3.8, 4) is 11.1 Å². The van der Waals surface area contributed by atoms with E-state index in [-0.39, 0.29) is 11.2 Å². The van der Waals surface area contributed by atoms with Gasteiger partial charge in [0.2, 0.25) is 0 Å². The van der Waals surface area contributed by atoms with Crippen molar-refractivity contribution in [3.63, 3.8) is 0 Å². The van der Waals surface area contributed by atoms with Crippen LogP contribution in [0.3, 0.4) is 0 Å². The molecule has 0 radical (unpaired) electrons. The van der Waals surface area contributed by atoms with Gasteiger partial charge >= 0.3 is 0 Å². The van der Waals surface area contributed by atoms with Crippen LogP contribution in [0.4, 0.5) is 10.3 Å². The normalized spacial score (nSPS) is 18.4. The molecule has 0 unspecified atom stereocenters. The highest BCUT2D eigenvalue weighted by Crippen LogP contribution is 2.54. The summed E-state index contributed by atoms with van der Waals surface area (Å²) in [6, 6.07) is 16.8. The Morgan fingerprint density at radius 2 is 1.83 bits per heavy atom. The molecule has 0 bridgehead atoms.